The molecular weight excluding hydrogens is 683 g/mol. The Bertz CT molecular complexity index is 1640. The van der Waals surface area contributed by atoms with Gasteiger partial charge < -0.3 is 45.2 Å². The van der Waals surface area contributed by atoms with Crippen LogP contribution in [0, 0.1) is 5.92 Å². The van der Waals surface area contributed by atoms with Gasteiger partial charge in [-0.2, -0.15) is 23.1 Å². The molecule has 2 aliphatic heterocycles. The molecule has 3 fully saturated rings. The minimum absolute atomic E-state index is 0.150. The minimum Gasteiger partial charge on any atom is -0.475 e. The van der Waals surface area contributed by atoms with Gasteiger partial charge in [-0.05, 0) is 70.8 Å². The van der Waals surface area contributed by atoms with E-state index in [9.17, 15) is 28.2 Å². The van der Waals surface area contributed by atoms with Crippen LogP contribution in [0.5, 0.6) is 0 Å². The second-order valence-corrected chi connectivity index (χ2v) is 14.1. The number of carboxylic acids is 1. The number of aliphatic carboxylic acids is 1. The highest BCUT2D eigenvalue weighted by atomic mass is 19.4. The molecule has 1 aliphatic carbocycles. The third kappa shape index (κ3) is 9.67. The highest BCUT2D eigenvalue weighted by molar-refractivity contribution is 5.84. The number of nitrogens with one attached hydrogen (secondary N) is 2. The lowest BCUT2D eigenvalue weighted by Gasteiger charge is -2.32. The fourth-order valence-electron chi connectivity index (χ4n) is 7.19. The van der Waals surface area contributed by atoms with Gasteiger partial charge in [-0.1, -0.05) is 37.3 Å². The predicted octanol–water partition coefficient (Wildman–Crippen LogP) is 2.53. The van der Waals surface area contributed by atoms with E-state index in [1.165, 1.54) is 18.4 Å². The lowest BCUT2D eigenvalue weighted by molar-refractivity contribution is -0.192. The van der Waals surface area contributed by atoms with Crippen LogP contribution in [0.1, 0.15) is 50.6 Å². The number of halogens is 3. The third-order valence-corrected chi connectivity index (χ3v) is 10.3. The number of likely N-dealkylation sites (tertiary alicyclic amines) is 1. The zero-order valence-electron chi connectivity index (χ0n) is 29.8. The quantitative estimate of drug-likeness (QED) is 0.195. The van der Waals surface area contributed by atoms with Crippen LogP contribution in [0.2, 0.25) is 0 Å². The molecule has 5 atom stereocenters. The molecule has 6 rings (SSSR count). The molecule has 3 aliphatic rings. The summed E-state index contributed by atoms with van der Waals surface area (Å²) >= 11 is 0. The van der Waals surface area contributed by atoms with Crippen LogP contribution in [-0.4, -0.2) is 140 Å². The van der Waals surface area contributed by atoms with E-state index in [1.54, 1.807) is 13.3 Å². The Labute approximate surface area is 301 Å². The lowest BCUT2D eigenvalue weighted by Crippen LogP contribution is -2.42. The van der Waals surface area contributed by atoms with Crippen molar-refractivity contribution in [3.05, 3.63) is 42.2 Å². The molecule has 2 aromatic heterocycles. The summed E-state index contributed by atoms with van der Waals surface area (Å²) in [5, 5.41) is 35.4. The molecule has 14 nitrogen and oxygen atoms in total. The summed E-state index contributed by atoms with van der Waals surface area (Å²) in [6, 6.07) is 10.2. The first-order valence-corrected chi connectivity index (χ1v) is 17.9. The number of piperidine rings is 1. The van der Waals surface area contributed by atoms with Gasteiger partial charge in [-0.25, -0.2) is 9.78 Å². The Morgan fingerprint density at radius 1 is 1.02 bits per heavy atom. The molecule has 0 spiro atoms. The van der Waals surface area contributed by atoms with Gasteiger partial charge in [0.15, 0.2) is 17.0 Å². The van der Waals surface area contributed by atoms with Crippen LogP contribution in [0.25, 0.3) is 11.2 Å². The normalized spacial score (nSPS) is 24.2. The summed E-state index contributed by atoms with van der Waals surface area (Å²) in [5.74, 6) is -0.849. The molecule has 3 aromatic rings. The van der Waals surface area contributed by atoms with Gasteiger partial charge in [0.05, 0.1) is 18.4 Å². The SMILES string of the molecule is CCC(=O)N[C@H]1C[C@@H](n2cnc3c(NCCN4CCC(Cc5ccccc5)CC4)nc(N4CC[C@@H](N(C)C)C4)nc32)[C@H](O)[C@@H]1O.O=C(O)C(F)(F)F. The van der Waals surface area contributed by atoms with E-state index in [0.717, 1.165) is 58.0 Å². The first-order valence-electron chi connectivity index (χ1n) is 17.9. The third-order valence-electron chi connectivity index (χ3n) is 10.3. The number of aliphatic hydroxyl groups is 2. The standard InChI is InChI=1S/C33H49N9O3.C2HF3O2/c1-4-27(43)36-25-19-26(30(45)29(25)44)42-21-35-28-31(37-33(38-32(28)42)41-16-12-24(20-41)39(2)3)34-13-17-40-14-10-23(11-15-40)18-22-8-6-5-7-9-22;3-2(4,5)1(6)7/h5-9,21,23-26,29-30,44-45H,4,10-20H2,1-3H3,(H,36,43)(H,34,37,38);(H,6,7)/t24-,25+,26-,29-,30+;/m1./s1. The molecule has 0 bridgehead atoms. The first-order chi connectivity index (χ1) is 24.7. The van der Waals surface area contributed by atoms with Gasteiger partial charge in [-0.15, -0.1) is 0 Å². The molecule has 1 aromatic carbocycles. The van der Waals surface area contributed by atoms with Crippen LogP contribution in [0.3, 0.4) is 0 Å². The highest BCUT2D eigenvalue weighted by Crippen LogP contribution is 2.35. The van der Waals surface area contributed by atoms with Crippen LogP contribution in [0.4, 0.5) is 24.9 Å². The number of hydrogen-bond donors (Lipinski definition) is 5. The lowest BCUT2D eigenvalue weighted by atomic mass is 9.90. The molecular formula is C35H50F3N9O5. The van der Waals surface area contributed by atoms with E-state index in [1.807, 2.05) is 4.57 Å². The zero-order chi connectivity index (χ0) is 37.6. The Morgan fingerprint density at radius 3 is 2.33 bits per heavy atom. The maximum Gasteiger partial charge on any atom is 0.490 e. The number of aliphatic hydroxyl groups excluding tert-OH is 2. The maximum atomic E-state index is 12.1. The van der Waals surface area contributed by atoms with Gasteiger partial charge in [0.1, 0.15) is 12.2 Å². The number of carbonyl (C=O) groups is 2. The second kappa shape index (κ2) is 17.2. The predicted molar refractivity (Wildman–Crippen MR) is 189 cm³/mol. The molecule has 0 radical (unpaired) electrons. The van der Waals surface area contributed by atoms with E-state index < -0.39 is 36.4 Å². The number of carboxylic acid groups (broad SMARTS) is 1. The molecule has 5 N–H and O–H groups in total. The van der Waals surface area contributed by atoms with Gasteiger partial charge in [0.2, 0.25) is 11.9 Å². The highest BCUT2D eigenvalue weighted by Gasteiger charge is 2.44. The van der Waals surface area contributed by atoms with E-state index in [0.29, 0.717) is 41.8 Å². The number of benzene rings is 1. The molecule has 1 amide bonds. The van der Waals surface area contributed by atoms with E-state index in [2.05, 4.69) is 69.8 Å². The Kier molecular flexibility index (Phi) is 12.9. The fourth-order valence-corrected chi connectivity index (χ4v) is 7.19. The fraction of sp³-hybridized carbons (Fsp3) is 0.629. The van der Waals surface area contributed by atoms with Gasteiger partial charge >= 0.3 is 12.1 Å². The average molecular weight is 734 g/mol. The molecule has 0 unspecified atom stereocenters. The number of alkyl halides is 3. The van der Waals surface area contributed by atoms with Gasteiger partial charge in [0.25, 0.3) is 0 Å². The molecule has 1 saturated carbocycles. The molecule has 2 saturated heterocycles. The van der Waals surface area contributed by atoms with Crippen LogP contribution in [-0.2, 0) is 16.0 Å². The number of fused-ring (bicyclic) bond motifs is 1. The minimum atomic E-state index is -5.08. The summed E-state index contributed by atoms with van der Waals surface area (Å²) < 4.78 is 33.6. The Morgan fingerprint density at radius 2 is 1.71 bits per heavy atom. The van der Waals surface area contributed by atoms with Crippen molar-refractivity contribution < 1.29 is 38.1 Å². The van der Waals surface area contributed by atoms with Crippen molar-refractivity contribution in [3.8, 4) is 0 Å². The second-order valence-electron chi connectivity index (χ2n) is 14.1. The number of rotatable bonds is 11. The topological polar surface area (TPSA) is 172 Å². The largest absolute Gasteiger partial charge is 0.490 e. The smallest absolute Gasteiger partial charge is 0.475 e. The van der Waals surface area contributed by atoms with E-state index >= 15 is 0 Å². The van der Waals surface area contributed by atoms with E-state index in [-0.39, 0.29) is 5.91 Å². The van der Waals surface area contributed by atoms with Crippen molar-refractivity contribution in [3.63, 3.8) is 0 Å². The summed E-state index contributed by atoms with van der Waals surface area (Å²) in [4.78, 5) is 42.6. The number of amides is 1. The van der Waals surface area contributed by atoms with Gasteiger partial charge in [-0.3, -0.25) is 4.79 Å². The molecule has 4 heterocycles. The number of imidazole rings is 1. The van der Waals surface area contributed by atoms with Crippen LogP contribution in [0.15, 0.2) is 36.7 Å². The van der Waals surface area contributed by atoms with Crippen molar-refractivity contribution in [2.45, 2.75) is 82.0 Å². The summed E-state index contributed by atoms with van der Waals surface area (Å²) in [5.41, 5.74) is 2.69. The zero-order valence-corrected chi connectivity index (χ0v) is 29.8. The Hall–Kier alpha value is -4.06. The maximum absolute atomic E-state index is 12.1. The number of likely N-dealkylation sites (N-methyl/N-ethyl adjacent to an activating group) is 1. The number of hydrogen-bond acceptors (Lipinski definition) is 11. The average Bonchev–Trinajstić information content (AvgIpc) is 3.85. The molecule has 286 valence electrons. The Balaban J connectivity index is 0.000000679. The number of aromatic nitrogens is 4. The summed E-state index contributed by atoms with van der Waals surface area (Å²) in [6.07, 6.45) is -0.232. The number of carbonyl (C=O) groups excluding carboxylic acids is 1. The van der Waals surface area contributed by atoms with Crippen molar-refractivity contribution in [1.82, 2.24) is 34.6 Å². The first kappa shape index (κ1) is 39.2. The molecule has 17 heteroatoms. The molecule has 52 heavy (non-hydrogen) atoms. The van der Waals surface area contributed by atoms with Crippen molar-refractivity contribution >= 4 is 34.8 Å². The number of anilines is 2. The van der Waals surface area contributed by atoms with Crippen LogP contribution < -0.4 is 15.5 Å². The number of nitrogens with zero attached hydrogens (tertiary/aromatic N) is 7. The van der Waals surface area contributed by atoms with Crippen LogP contribution >= 0.6 is 0 Å². The van der Waals surface area contributed by atoms with Gasteiger partial charge in [0, 0.05) is 38.6 Å². The van der Waals surface area contributed by atoms with Crippen molar-refractivity contribution in [2.24, 2.45) is 5.92 Å². The summed E-state index contributed by atoms with van der Waals surface area (Å²) in [6.45, 7) is 7.30. The van der Waals surface area contributed by atoms with Crippen molar-refractivity contribution in [2.75, 3.05) is 63.6 Å². The monoisotopic (exact) mass is 733 g/mol. The summed E-state index contributed by atoms with van der Waals surface area (Å²) in [7, 11) is 4.20. The van der Waals surface area contributed by atoms with E-state index in [4.69, 9.17) is 24.9 Å². The van der Waals surface area contributed by atoms with Crippen molar-refractivity contribution in [1.29, 1.82) is 0 Å².